The first-order valence-electron chi connectivity index (χ1n) is 5.71. The average molecular weight is 231 g/mol. The van der Waals surface area contributed by atoms with E-state index in [1.54, 1.807) is 6.20 Å². The van der Waals surface area contributed by atoms with Crippen molar-refractivity contribution in [2.75, 3.05) is 0 Å². The van der Waals surface area contributed by atoms with Crippen molar-refractivity contribution in [3.8, 4) is 0 Å². The topological polar surface area (TPSA) is 69.6 Å². The minimum absolute atomic E-state index is 0.224. The summed E-state index contributed by atoms with van der Waals surface area (Å²) >= 11 is 0. The van der Waals surface area contributed by atoms with Crippen LogP contribution in [0.25, 0.3) is 0 Å². The molecule has 1 unspecified atom stereocenters. The van der Waals surface area contributed by atoms with Crippen LogP contribution in [0.15, 0.2) is 18.3 Å². The molecule has 0 aliphatic rings. The third kappa shape index (κ3) is 2.19. The van der Waals surface area contributed by atoms with Crippen LogP contribution in [0, 0.1) is 13.8 Å². The molecule has 0 saturated heterocycles. The zero-order chi connectivity index (χ0) is 12.4. The van der Waals surface area contributed by atoms with Gasteiger partial charge >= 0.3 is 0 Å². The van der Waals surface area contributed by atoms with E-state index in [2.05, 4.69) is 15.3 Å². The number of nitrogens with two attached hydrogens (primary N) is 1. The standard InChI is InChI=1S/C12H17N5/c1-4-17-11(7-14-16-17)12(13)10-6-5-8(2)15-9(10)3/h5-7,12H,4,13H2,1-3H3. The summed E-state index contributed by atoms with van der Waals surface area (Å²) in [5.74, 6) is 0. The fourth-order valence-corrected chi connectivity index (χ4v) is 1.94. The summed E-state index contributed by atoms with van der Waals surface area (Å²) in [5, 5.41) is 7.89. The predicted octanol–water partition coefficient (Wildman–Crippen LogP) is 1.36. The predicted molar refractivity (Wildman–Crippen MR) is 65.4 cm³/mol. The lowest BCUT2D eigenvalue weighted by Crippen LogP contribution is -2.18. The summed E-state index contributed by atoms with van der Waals surface area (Å²) in [6.07, 6.45) is 1.72. The SMILES string of the molecule is CCn1nncc1C(N)c1ccc(C)nc1C. The van der Waals surface area contributed by atoms with Crippen LogP contribution in [0.4, 0.5) is 0 Å². The number of hydrogen-bond donors (Lipinski definition) is 1. The second-order valence-corrected chi connectivity index (χ2v) is 4.08. The monoisotopic (exact) mass is 231 g/mol. The molecule has 2 aromatic rings. The third-order valence-electron chi connectivity index (χ3n) is 2.87. The number of hydrogen-bond acceptors (Lipinski definition) is 4. The van der Waals surface area contributed by atoms with Crippen molar-refractivity contribution in [3.05, 3.63) is 41.0 Å². The largest absolute Gasteiger partial charge is 0.319 e. The van der Waals surface area contributed by atoms with Crippen LogP contribution in [-0.2, 0) is 6.54 Å². The van der Waals surface area contributed by atoms with Crippen LogP contribution in [0.5, 0.6) is 0 Å². The van der Waals surface area contributed by atoms with Crippen molar-refractivity contribution in [2.45, 2.75) is 33.4 Å². The Morgan fingerprint density at radius 2 is 2.12 bits per heavy atom. The van der Waals surface area contributed by atoms with Crippen LogP contribution < -0.4 is 5.73 Å². The van der Waals surface area contributed by atoms with Crippen LogP contribution in [0.1, 0.15) is 35.6 Å². The first-order chi connectivity index (χ1) is 8.13. The van der Waals surface area contributed by atoms with Gasteiger partial charge in [0, 0.05) is 17.9 Å². The van der Waals surface area contributed by atoms with E-state index >= 15 is 0 Å². The summed E-state index contributed by atoms with van der Waals surface area (Å²) in [4.78, 5) is 4.43. The van der Waals surface area contributed by atoms with Gasteiger partial charge in [0.2, 0.25) is 0 Å². The maximum atomic E-state index is 6.25. The second kappa shape index (κ2) is 4.63. The van der Waals surface area contributed by atoms with Gasteiger partial charge in [-0.15, -0.1) is 5.10 Å². The van der Waals surface area contributed by atoms with Gasteiger partial charge in [-0.3, -0.25) is 4.98 Å². The molecule has 0 bridgehead atoms. The third-order valence-corrected chi connectivity index (χ3v) is 2.87. The number of aryl methyl sites for hydroxylation is 3. The van der Waals surface area contributed by atoms with Gasteiger partial charge in [0.05, 0.1) is 17.9 Å². The molecule has 0 spiro atoms. The van der Waals surface area contributed by atoms with Crippen molar-refractivity contribution < 1.29 is 0 Å². The van der Waals surface area contributed by atoms with E-state index in [0.717, 1.165) is 29.2 Å². The Morgan fingerprint density at radius 1 is 1.35 bits per heavy atom. The van der Waals surface area contributed by atoms with Gasteiger partial charge in [0.15, 0.2) is 0 Å². The summed E-state index contributed by atoms with van der Waals surface area (Å²) in [6.45, 7) is 6.73. The number of aromatic nitrogens is 4. The van der Waals surface area contributed by atoms with E-state index in [4.69, 9.17) is 5.73 Å². The first-order valence-corrected chi connectivity index (χ1v) is 5.71. The number of nitrogens with zero attached hydrogens (tertiary/aromatic N) is 4. The highest BCUT2D eigenvalue weighted by atomic mass is 15.4. The maximum absolute atomic E-state index is 6.25. The zero-order valence-electron chi connectivity index (χ0n) is 10.4. The van der Waals surface area contributed by atoms with Gasteiger partial charge in [-0.1, -0.05) is 11.3 Å². The van der Waals surface area contributed by atoms with Gasteiger partial charge in [0.25, 0.3) is 0 Å². The molecule has 0 aromatic carbocycles. The average Bonchev–Trinajstić information content (AvgIpc) is 2.76. The maximum Gasteiger partial charge on any atom is 0.0800 e. The highest BCUT2D eigenvalue weighted by Crippen LogP contribution is 2.21. The van der Waals surface area contributed by atoms with Crippen LogP contribution >= 0.6 is 0 Å². The molecule has 2 heterocycles. The smallest absolute Gasteiger partial charge is 0.0800 e. The molecule has 5 heteroatoms. The Labute approximate surface area is 101 Å². The fourth-order valence-electron chi connectivity index (χ4n) is 1.94. The van der Waals surface area contributed by atoms with Crippen molar-refractivity contribution in [2.24, 2.45) is 5.73 Å². The van der Waals surface area contributed by atoms with E-state index in [9.17, 15) is 0 Å². The van der Waals surface area contributed by atoms with E-state index < -0.39 is 0 Å². The molecular weight excluding hydrogens is 214 g/mol. The van der Waals surface area contributed by atoms with Gasteiger partial charge in [-0.2, -0.15) is 0 Å². The highest BCUT2D eigenvalue weighted by Gasteiger charge is 2.16. The van der Waals surface area contributed by atoms with Crippen molar-refractivity contribution >= 4 is 0 Å². The lowest BCUT2D eigenvalue weighted by molar-refractivity contribution is 0.580. The molecule has 2 aromatic heterocycles. The lowest BCUT2D eigenvalue weighted by Gasteiger charge is -2.15. The Kier molecular flexibility index (Phi) is 3.19. The van der Waals surface area contributed by atoms with Gasteiger partial charge in [-0.05, 0) is 32.4 Å². The number of rotatable bonds is 3. The zero-order valence-corrected chi connectivity index (χ0v) is 10.4. The number of pyridine rings is 1. The molecular formula is C12H17N5. The Hall–Kier alpha value is -1.75. The van der Waals surface area contributed by atoms with Crippen LogP contribution in [0.2, 0.25) is 0 Å². The van der Waals surface area contributed by atoms with E-state index in [-0.39, 0.29) is 6.04 Å². The second-order valence-electron chi connectivity index (χ2n) is 4.08. The summed E-state index contributed by atoms with van der Waals surface area (Å²) in [5.41, 5.74) is 10.1. The quantitative estimate of drug-likeness (QED) is 0.865. The normalized spacial score (nSPS) is 12.7. The fraction of sp³-hybridized carbons (Fsp3) is 0.417. The molecule has 1 atom stereocenters. The van der Waals surface area contributed by atoms with E-state index in [1.165, 1.54) is 0 Å². The van der Waals surface area contributed by atoms with Crippen molar-refractivity contribution in [3.63, 3.8) is 0 Å². The van der Waals surface area contributed by atoms with Crippen LogP contribution in [0.3, 0.4) is 0 Å². The van der Waals surface area contributed by atoms with E-state index in [0.29, 0.717) is 0 Å². The van der Waals surface area contributed by atoms with Crippen LogP contribution in [-0.4, -0.2) is 20.0 Å². The molecule has 17 heavy (non-hydrogen) atoms. The van der Waals surface area contributed by atoms with Gasteiger partial charge < -0.3 is 5.73 Å². The summed E-state index contributed by atoms with van der Waals surface area (Å²) < 4.78 is 1.81. The Morgan fingerprint density at radius 3 is 2.76 bits per heavy atom. The van der Waals surface area contributed by atoms with Gasteiger partial charge in [0.1, 0.15) is 0 Å². The molecule has 90 valence electrons. The van der Waals surface area contributed by atoms with Gasteiger partial charge in [-0.25, -0.2) is 4.68 Å². The molecule has 2 rings (SSSR count). The lowest BCUT2D eigenvalue weighted by atomic mass is 10.0. The highest BCUT2D eigenvalue weighted by molar-refractivity contribution is 5.30. The first kappa shape index (κ1) is 11.7. The molecule has 0 radical (unpaired) electrons. The van der Waals surface area contributed by atoms with Crippen molar-refractivity contribution in [1.29, 1.82) is 0 Å². The minimum Gasteiger partial charge on any atom is -0.319 e. The minimum atomic E-state index is -0.224. The molecule has 0 fully saturated rings. The molecule has 0 aliphatic heterocycles. The molecule has 5 nitrogen and oxygen atoms in total. The summed E-state index contributed by atoms with van der Waals surface area (Å²) in [6, 6.07) is 3.77. The molecule has 0 aliphatic carbocycles. The summed E-state index contributed by atoms with van der Waals surface area (Å²) in [7, 11) is 0. The van der Waals surface area contributed by atoms with Crippen molar-refractivity contribution in [1.82, 2.24) is 20.0 Å². The Balaban J connectivity index is 2.40. The Bertz CT molecular complexity index is 517. The molecule has 0 amide bonds. The molecule has 0 saturated carbocycles. The molecule has 2 N–H and O–H groups in total. The van der Waals surface area contributed by atoms with E-state index in [1.807, 2.05) is 37.6 Å².